The highest BCUT2D eigenvalue weighted by molar-refractivity contribution is 5.57. The lowest BCUT2D eigenvalue weighted by Gasteiger charge is -1.90. The Labute approximate surface area is 43.6 Å². The van der Waals surface area contributed by atoms with Crippen molar-refractivity contribution in [3.05, 3.63) is 0 Å². The summed E-state index contributed by atoms with van der Waals surface area (Å²) in [4.78, 5) is 3.96. The molecule has 2 heteroatoms. The van der Waals surface area contributed by atoms with Crippen LogP contribution in [0.15, 0.2) is 4.99 Å². The average molecular weight is 97.1 g/mol. The van der Waals surface area contributed by atoms with Crippen LogP contribution in [0.25, 0.3) is 0 Å². The van der Waals surface area contributed by atoms with E-state index in [0.29, 0.717) is 0 Å². The number of rotatable bonds is 0. The molecule has 0 aromatic carbocycles. The van der Waals surface area contributed by atoms with Crippen LogP contribution in [0, 0.1) is 0 Å². The molecular weight excluding hydrogens is 88.1 g/mol. The predicted molar refractivity (Wildman–Crippen MR) is 29.8 cm³/mol. The van der Waals surface area contributed by atoms with E-state index in [1.807, 2.05) is 0 Å². The third-order valence-corrected chi connectivity index (χ3v) is 0.926. The van der Waals surface area contributed by atoms with Crippen LogP contribution in [0.1, 0.15) is 6.42 Å². The lowest BCUT2D eigenvalue weighted by atomic mass is 10.5. The summed E-state index contributed by atoms with van der Waals surface area (Å²) in [5, 5.41) is 3.19. The van der Waals surface area contributed by atoms with Crippen LogP contribution < -0.4 is 5.32 Å². The molecule has 0 aliphatic carbocycles. The van der Waals surface area contributed by atoms with Crippen molar-refractivity contribution < 1.29 is 0 Å². The van der Waals surface area contributed by atoms with E-state index < -0.39 is 0 Å². The molecule has 1 aliphatic rings. The number of hydrogen-bond acceptors (Lipinski definition) is 2. The summed E-state index contributed by atoms with van der Waals surface area (Å²) < 4.78 is 0. The highest BCUT2D eigenvalue weighted by Gasteiger charge is 1.88. The zero-order valence-corrected chi connectivity index (χ0v) is 4.28. The van der Waals surface area contributed by atoms with Gasteiger partial charge in [0, 0.05) is 19.5 Å². The van der Waals surface area contributed by atoms with Gasteiger partial charge in [-0.3, -0.25) is 4.99 Å². The summed E-state index contributed by atoms with van der Waals surface area (Å²) in [5.41, 5.74) is 0. The van der Waals surface area contributed by atoms with Crippen LogP contribution >= 0.6 is 0 Å². The van der Waals surface area contributed by atoms with Gasteiger partial charge in [0.25, 0.3) is 0 Å². The Morgan fingerprint density at radius 2 is 2.43 bits per heavy atom. The molecule has 1 heterocycles. The largest absolute Gasteiger partial charge is 0.315 e. The Kier molecular flexibility index (Phi) is 1.88. The topological polar surface area (TPSA) is 24.4 Å². The standard InChI is InChI=1S/C5H9N2/c1-2-6-4-5-7-3-1/h6H,1-2,4-5H2. The van der Waals surface area contributed by atoms with E-state index in [0.717, 1.165) is 26.1 Å². The molecule has 0 spiro atoms. The molecule has 39 valence electrons. The average Bonchev–Trinajstić information content (AvgIpc) is 1.90. The van der Waals surface area contributed by atoms with Crippen LogP contribution in [0.4, 0.5) is 0 Å². The maximum atomic E-state index is 3.96. The zero-order chi connectivity index (χ0) is 4.95. The minimum Gasteiger partial charge on any atom is -0.315 e. The Hall–Kier alpha value is -0.370. The molecular formula is C5H9N2. The molecule has 0 saturated carbocycles. The zero-order valence-electron chi connectivity index (χ0n) is 4.28. The third-order valence-electron chi connectivity index (χ3n) is 0.926. The second kappa shape index (κ2) is 2.75. The smallest absolute Gasteiger partial charge is 0.0572 e. The molecule has 0 unspecified atom stereocenters. The number of aliphatic imine (C=N–C) groups is 1. The molecule has 1 N–H and O–H groups in total. The SMILES string of the molecule is [C]1=NCCNCC1. The lowest BCUT2D eigenvalue weighted by molar-refractivity contribution is 0.728. The van der Waals surface area contributed by atoms with Crippen molar-refractivity contribution in [1.29, 1.82) is 0 Å². The van der Waals surface area contributed by atoms with E-state index in [4.69, 9.17) is 0 Å². The minimum absolute atomic E-state index is 0.903. The van der Waals surface area contributed by atoms with E-state index in [1.165, 1.54) is 0 Å². The predicted octanol–water partition coefficient (Wildman–Crippen LogP) is -0.0725. The van der Waals surface area contributed by atoms with Crippen LogP contribution in [0.5, 0.6) is 0 Å². The molecule has 0 fully saturated rings. The van der Waals surface area contributed by atoms with E-state index in [2.05, 4.69) is 16.5 Å². The summed E-state index contributed by atoms with van der Waals surface area (Å²) in [6, 6.07) is 0. The van der Waals surface area contributed by atoms with Gasteiger partial charge in [0.2, 0.25) is 0 Å². The molecule has 0 amide bonds. The van der Waals surface area contributed by atoms with E-state index in [1.54, 1.807) is 0 Å². The Morgan fingerprint density at radius 1 is 1.43 bits per heavy atom. The highest BCUT2D eigenvalue weighted by Crippen LogP contribution is 1.77. The molecule has 1 radical (unpaired) electrons. The van der Waals surface area contributed by atoms with Gasteiger partial charge in [-0.25, -0.2) is 0 Å². The first-order valence-corrected chi connectivity index (χ1v) is 2.60. The first kappa shape index (κ1) is 4.78. The molecule has 2 nitrogen and oxygen atoms in total. The Bertz CT molecular complexity index is 60.5. The van der Waals surface area contributed by atoms with Gasteiger partial charge in [0.05, 0.1) is 12.8 Å². The van der Waals surface area contributed by atoms with Crippen molar-refractivity contribution in [3.63, 3.8) is 0 Å². The van der Waals surface area contributed by atoms with Crippen LogP contribution in [0.3, 0.4) is 0 Å². The maximum Gasteiger partial charge on any atom is 0.0572 e. The number of nitrogens with zero attached hydrogens (tertiary/aromatic N) is 1. The lowest BCUT2D eigenvalue weighted by Crippen LogP contribution is -2.16. The Morgan fingerprint density at radius 3 is 3.43 bits per heavy atom. The summed E-state index contributed by atoms with van der Waals surface area (Å²) in [7, 11) is 0. The first-order chi connectivity index (χ1) is 3.50. The van der Waals surface area contributed by atoms with Gasteiger partial charge in [-0.15, -0.1) is 0 Å². The van der Waals surface area contributed by atoms with Gasteiger partial charge >= 0.3 is 0 Å². The quantitative estimate of drug-likeness (QED) is 0.449. The van der Waals surface area contributed by atoms with Gasteiger partial charge in [-0.05, 0) is 0 Å². The summed E-state index contributed by atoms with van der Waals surface area (Å²) in [5.74, 6) is 0. The van der Waals surface area contributed by atoms with Crippen molar-refractivity contribution in [3.8, 4) is 0 Å². The van der Waals surface area contributed by atoms with Crippen LogP contribution in [0.2, 0.25) is 0 Å². The molecule has 0 aromatic heterocycles. The van der Waals surface area contributed by atoms with Gasteiger partial charge < -0.3 is 5.32 Å². The van der Waals surface area contributed by atoms with E-state index >= 15 is 0 Å². The van der Waals surface area contributed by atoms with Crippen molar-refractivity contribution in [2.75, 3.05) is 19.6 Å². The Balaban J connectivity index is 2.20. The fraction of sp³-hybridized carbons (Fsp3) is 0.800. The number of nitrogens with one attached hydrogen (secondary N) is 1. The van der Waals surface area contributed by atoms with Gasteiger partial charge in [0.15, 0.2) is 0 Å². The van der Waals surface area contributed by atoms with Crippen LogP contribution in [-0.4, -0.2) is 25.8 Å². The molecule has 7 heavy (non-hydrogen) atoms. The van der Waals surface area contributed by atoms with Crippen molar-refractivity contribution in [2.45, 2.75) is 6.42 Å². The monoisotopic (exact) mass is 97.1 g/mol. The third kappa shape index (κ3) is 1.69. The van der Waals surface area contributed by atoms with Crippen LogP contribution in [-0.2, 0) is 0 Å². The van der Waals surface area contributed by atoms with E-state index in [-0.39, 0.29) is 0 Å². The number of hydrogen-bond donors (Lipinski definition) is 1. The van der Waals surface area contributed by atoms with Crippen molar-refractivity contribution in [2.24, 2.45) is 4.99 Å². The molecule has 1 rings (SSSR count). The molecule has 1 aliphatic heterocycles. The van der Waals surface area contributed by atoms with Gasteiger partial charge in [-0.1, -0.05) is 0 Å². The van der Waals surface area contributed by atoms with Crippen molar-refractivity contribution >= 4 is 6.21 Å². The maximum absolute atomic E-state index is 3.96. The summed E-state index contributed by atoms with van der Waals surface area (Å²) in [6.07, 6.45) is 3.88. The van der Waals surface area contributed by atoms with Gasteiger partial charge in [-0.2, -0.15) is 0 Å². The second-order valence-corrected chi connectivity index (χ2v) is 1.54. The molecule has 0 bridgehead atoms. The highest BCUT2D eigenvalue weighted by atomic mass is 14.9. The molecule has 0 aromatic rings. The fourth-order valence-corrected chi connectivity index (χ4v) is 0.562. The van der Waals surface area contributed by atoms with Crippen molar-refractivity contribution in [1.82, 2.24) is 5.32 Å². The molecule has 0 atom stereocenters. The summed E-state index contributed by atoms with van der Waals surface area (Å²) in [6.45, 7) is 2.97. The molecule has 0 saturated heterocycles. The fourth-order valence-electron chi connectivity index (χ4n) is 0.562. The summed E-state index contributed by atoms with van der Waals surface area (Å²) >= 11 is 0. The normalized spacial score (nSPS) is 21.7. The first-order valence-electron chi connectivity index (χ1n) is 2.60. The second-order valence-electron chi connectivity index (χ2n) is 1.54. The van der Waals surface area contributed by atoms with E-state index in [9.17, 15) is 0 Å². The minimum atomic E-state index is 0.903. The van der Waals surface area contributed by atoms with Gasteiger partial charge in [0.1, 0.15) is 0 Å².